The number of hydrogen-bond donors (Lipinski definition) is 2. The maximum absolute atomic E-state index is 10.4. The first kappa shape index (κ1) is 23.4. The van der Waals surface area contributed by atoms with Gasteiger partial charge in [-0.15, -0.1) is 13.2 Å². The van der Waals surface area contributed by atoms with Crippen LogP contribution in [0.4, 0.5) is 17.1 Å². The van der Waals surface area contributed by atoms with Gasteiger partial charge < -0.3 is 10.4 Å². The van der Waals surface area contributed by atoms with Crippen molar-refractivity contribution in [3.05, 3.63) is 79.4 Å². The maximum Gasteiger partial charge on any atom is 0.324 e. The molecule has 0 unspecified atom stereocenters. The molecule has 1 aromatic carbocycles. The van der Waals surface area contributed by atoms with Crippen molar-refractivity contribution in [3.63, 3.8) is 0 Å². The van der Waals surface area contributed by atoms with E-state index in [-0.39, 0.29) is 0 Å². The van der Waals surface area contributed by atoms with Crippen molar-refractivity contribution in [1.29, 1.82) is 0 Å². The van der Waals surface area contributed by atoms with Gasteiger partial charge in [0.25, 0.3) is 11.4 Å². The van der Waals surface area contributed by atoms with E-state index in [2.05, 4.69) is 31.5 Å². The molecular formula is C18H22N4O7. The lowest BCUT2D eigenvalue weighted by Gasteiger charge is -2.28. The van der Waals surface area contributed by atoms with Crippen LogP contribution >= 0.6 is 0 Å². The van der Waals surface area contributed by atoms with Gasteiger partial charge in [0.15, 0.2) is 0 Å². The second kappa shape index (κ2) is 10.7. The summed E-state index contributed by atoms with van der Waals surface area (Å²) < 4.78 is 0. The van der Waals surface area contributed by atoms with Crippen molar-refractivity contribution in [2.75, 3.05) is 0 Å². The minimum Gasteiger partial charge on any atom is -0.497 e. The predicted octanol–water partition coefficient (Wildman–Crippen LogP) is 3.93. The molecule has 2 rings (SSSR count). The van der Waals surface area contributed by atoms with Gasteiger partial charge in [0.1, 0.15) is 0 Å². The van der Waals surface area contributed by atoms with E-state index >= 15 is 0 Å². The lowest BCUT2D eigenvalue weighted by Crippen LogP contribution is -2.40. The SMILES string of the molecule is C=CC[C@H]1CC(C)=C[C@H](CC=C)N1.O=[N+]([O-])c1cc([N+](=O)[O-])c(O)c([N+](=O)[O-])c1. The highest BCUT2D eigenvalue weighted by Crippen LogP contribution is 2.38. The maximum atomic E-state index is 10.4. The molecule has 0 amide bonds. The van der Waals surface area contributed by atoms with Gasteiger partial charge in [-0.25, -0.2) is 0 Å². The van der Waals surface area contributed by atoms with Gasteiger partial charge >= 0.3 is 11.4 Å². The minimum atomic E-state index is -1.21. The molecule has 0 aliphatic carbocycles. The second-order valence-electron chi connectivity index (χ2n) is 6.34. The number of rotatable bonds is 7. The number of nitro benzene ring substituents is 3. The van der Waals surface area contributed by atoms with Gasteiger partial charge in [-0.05, 0) is 26.2 Å². The Hall–Kier alpha value is -3.60. The average molecular weight is 406 g/mol. The summed E-state index contributed by atoms with van der Waals surface area (Å²) in [5.41, 5.74) is -1.52. The number of phenolic OH excluding ortho intramolecular Hbond substituents is 1. The monoisotopic (exact) mass is 406 g/mol. The van der Waals surface area contributed by atoms with E-state index in [9.17, 15) is 30.3 Å². The Kier molecular flexibility index (Phi) is 8.62. The standard InChI is InChI=1S/C12H19N.C6H3N3O7/c1-4-6-11-8-10(3)9-12(13-11)7-5-2;10-6-4(8(13)14)1-3(7(11)12)2-5(6)9(15)16/h4-5,8,11-13H,1-2,6-7,9H2,3H3;1-2,10H/t11-,12-;/m0./s1. The van der Waals surface area contributed by atoms with E-state index in [1.807, 2.05) is 12.2 Å². The second-order valence-corrected chi connectivity index (χ2v) is 6.34. The quantitative estimate of drug-likeness (QED) is 0.391. The van der Waals surface area contributed by atoms with Crippen molar-refractivity contribution in [2.24, 2.45) is 0 Å². The van der Waals surface area contributed by atoms with E-state index < -0.39 is 37.6 Å². The number of benzene rings is 1. The third-order valence-corrected chi connectivity index (χ3v) is 4.03. The van der Waals surface area contributed by atoms with Crippen LogP contribution < -0.4 is 5.32 Å². The fourth-order valence-corrected chi connectivity index (χ4v) is 2.85. The molecule has 0 fully saturated rings. The Morgan fingerprint density at radius 3 is 2.00 bits per heavy atom. The number of aromatic hydroxyl groups is 1. The molecule has 1 aromatic rings. The number of nitro groups is 3. The van der Waals surface area contributed by atoms with Gasteiger partial charge in [-0.1, -0.05) is 23.8 Å². The van der Waals surface area contributed by atoms with Crippen molar-refractivity contribution in [3.8, 4) is 5.75 Å². The highest BCUT2D eigenvalue weighted by Gasteiger charge is 2.30. The summed E-state index contributed by atoms with van der Waals surface area (Å²) in [7, 11) is 0. The van der Waals surface area contributed by atoms with Crippen LogP contribution in [0.25, 0.3) is 0 Å². The number of nitrogens with one attached hydrogen (secondary N) is 1. The zero-order valence-electron chi connectivity index (χ0n) is 15.8. The Bertz CT molecular complexity index is 816. The van der Waals surface area contributed by atoms with Gasteiger partial charge in [0.2, 0.25) is 0 Å². The molecule has 0 saturated carbocycles. The Morgan fingerprint density at radius 2 is 1.59 bits per heavy atom. The molecule has 1 heterocycles. The Morgan fingerprint density at radius 1 is 1.07 bits per heavy atom. The number of phenols is 1. The lowest BCUT2D eigenvalue weighted by atomic mass is 9.95. The predicted molar refractivity (Wildman–Crippen MR) is 107 cm³/mol. The number of nitrogens with zero attached hydrogens (tertiary/aromatic N) is 3. The van der Waals surface area contributed by atoms with Crippen molar-refractivity contribution < 1.29 is 19.9 Å². The van der Waals surface area contributed by atoms with Crippen LogP contribution in [0.15, 0.2) is 49.1 Å². The van der Waals surface area contributed by atoms with Crippen LogP contribution in [0.5, 0.6) is 5.75 Å². The normalized spacial score (nSPS) is 17.9. The van der Waals surface area contributed by atoms with E-state index in [0.717, 1.165) is 19.3 Å². The molecule has 1 aliphatic heterocycles. The first-order valence-electron chi connectivity index (χ1n) is 8.56. The fourth-order valence-electron chi connectivity index (χ4n) is 2.85. The molecule has 156 valence electrons. The van der Waals surface area contributed by atoms with Gasteiger partial charge in [-0.2, -0.15) is 0 Å². The first-order chi connectivity index (χ1) is 13.6. The van der Waals surface area contributed by atoms with Crippen molar-refractivity contribution >= 4 is 17.1 Å². The number of non-ortho nitro benzene ring substituents is 1. The molecule has 0 aromatic heterocycles. The third-order valence-electron chi connectivity index (χ3n) is 4.03. The molecule has 1 aliphatic rings. The summed E-state index contributed by atoms with van der Waals surface area (Å²) in [5, 5.41) is 43.8. The summed E-state index contributed by atoms with van der Waals surface area (Å²) in [5.74, 6) is -1.21. The van der Waals surface area contributed by atoms with Crippen molar-refractivity contribution in [2.45, 2.75) is 38.3 Å². The average Bonchev–Trinajstić information content (AvgIpc) is 2.61. The molecular weight excluding hydrogens is 384 g/mol. The topological polar surface area (TPSA) is 162 Å². The number of hydrogen-bond acceptors (Lipinski definition) is 8. The van der Waals surface area contributed by atoms with E-state index in [0.29, 0.717) is 24.2 Å². The van der Waals surface area contributed by atoms with Crippen LogP contribution in [0.3, 0.4) is 0 Å². The molecule has 0 bridgehead atoms. The summed E-state index contributed by atoms with van der Waals surface area (Å²) >= 11 is 0. The third kappa shape index (κ3) is 6.81. The molecule has 0 radical (unpaired) electrons. The largest absolute Gasteiger partial charge is 0.497 e. The molecule has 0 saturated heterocycles. The molecule has 11 heteroatoms. The molecule has 0 spiro atoms. The first-order valence-corrected chi connectivity index (χ1v) is 8.56. The fraction of sp³-hybridized carbons (Fsp3) is 0.333. The van der Waals surface area contributed by atoms with Crippen LogP contribution in [-0.4, -0.2) is 32.0 Å². The zero-order valence-corrected chi connectivity index (χ0v) is 15.8. The lowest BCUT2D eigenvalue weighted by molar-refractivity contribution is -0.404. The van der Waals surface area contributed by atoms with Crippen LogP contribution in [0.1, 0.15) is 26.2 Å². The molecule has 29 heavy (non-hydrogen) atoms. The van der Waals surface area contributed by atoms with Gasteiger partial charge in [-0.3, -0.25) is 30.3 Å². The van der Waals surface area contributed by atoms with Gasteiger partial charge in [0.05, 0.1) is 26.9 Å². The smallest absolute Gasteiger partial charge is 0.324 e. The zero-order chi connectivity index (χ0) is 22.1. The summed E-state index contributed by atoms with van der Waals surface area (Å²) in [6, 6.07) is 1.95. The Balaban J connectivity index is 0.000000296. The summed E-state index contributed by atoms with van der Waals surface area (Å²) in [6.07, 6.45) is 9.49. The molecule has 2 N–H and O–H groups in total. The highest BCUT2D eigenvalue weighted by atomic mass is 16.6. The minimum absolute atomic E-state index is 0.447. The van der Waals surface area contributed by atoms with Crippen molar-refractivity contribution in [1.82, 2.24) is 5.32 Å². The molecule has 11 nitrogen and oxygen atoms in total. The van der Waals surface area contributed by atoms with Crippen LogP contribution in [-0.2, 0) is 0 Å². The molecule has 2 atom stereocenters. The highest BCUT2D eigenvalue weighted by molar-refractivity contribution is 5.64. The van der Waals surface area contributed by atoms with E-state index in [1.54, 1.807) is 0 Å². The van der Waals surface area contributed by atoms with Crippen LogP contribution in [0.2, 0.25) is 0 Å². The van der Waals surface area contributed by atoms with Crippen LogP contribution in [0, 0.1) is 30.3 Å². The summed E-state index contributed by atoms with van der Waals surface area (Å²) in [6.45, 7) is 9.73. The van der Waals surface area contributed by atoms with E-state index in [1.165, 1.54) is 5.57 Å². The summed E-state index contributed by atoms with van der Waals surface area (Å²) in [4.78, 5) is 27.8. The Labute approximate surface area is 166 Å². The van der Waals surface area contributed by atoms with E-state index in [4.69, 9.17) is 5.11 Å². The van der Waals surface area contributed by atoms with Gasteiger partial charge in [0, 0.05) is 12.1 Å².